The number of carbonyl (C=O) groups excluding carboxylic acids is 2. The molecule has 1 heterocycles. The average molecular weight is 298 g/mol. The van der Waals surface area contributed by atoms with Gasteiger partial charge >= 0.3 is 0 Å². The first-order chi connectivity index (χ1) is 9.42. The molecular weight excluding hydrogens is 288 g/mol. The molecule has 8 nitrogen and oxygen atoms in total. The van der Waals surface area contributed by atoms with Gasteiger partial charge in [0.25, 0.3) is 11.1 Å². The second-order valence-electron chi connectivity index (χ2n) is 3.73. The van der Waals surface area contributed by atoms with Gasteiger partial charge in [-0.3, -0.25) is 25.3 Å². The van der Waals surface area contributed by atoms with Crippen molar-refractivity contribution in [3.8, 4) is 11.5 Å². The maximum absolute atomic E-state index is 11.4. The Morgan fingerprint density at radius 3 is 2.55 bits per heavy atom. The number of thioether (sulfide) groups is 1. The van der Waals surface area contributed by atoms with Crippen molar-refractivity contribution < 1.29 is 29.8 Å². The molecule has 0 atom stereocenters. The topological polar surface area (TPSA) is 119 Å². The van der Waals surface area contributed by atoms with Crippen molar-refractivity contribution in [2.75, 3.05) is 12.3 Å². The molecule has 0 aromatic heterocycles. The fraction of sp³-hybridized carbons (Fsp3) is 0.0909. The summed E-state index contributed by atoms with van der Waals surface area (Å²) in [6.45, 7) is 0. The zero-order valence-corrected chi connectivity index (χ0v) is 11.0. The van der Waals surface area contributed by atoms with Crippen LogP contribution in [-0.4, -0.2) is 33.8 Å². The standard InChI is InChI=1S/C11H10N2O6S/c1-19-7-3-5(2-6(9(7)14)13(17)18)4-8-10(15)12-11(16)20-8/h2-4,14,17-18H,1H3,(H,12,15,16). The Morgan fingerprint density at radius 1 is 1.35 bits per heavy atom. The first-order valence-electron chi connectivity index (χ1n) is 5.26. The third kappa shape index (κ3) is 2.69. The lowest BCUT2D eigenvalue weighted by atomic mass is 10.1. The van der Waals surface area contributed by atoms with E-state index in [0.717, 1.165) is 11.8 Å². The number of hydrogen-bond acceptors (Lipinski definition) is 8. The molecule has 1 saturated heterocycles. The highest BCUT2D eigenvalue weighted by Gasteiger charge is 2.25. The van der Waals surface area contributed by atoms with Crippen LogP contribution in [0.1, 0.15) is 5.56 Å². The molecular formula is C11H10N2O6S. The highest BCUT2D eigenvalue weighted by atomic mass is 32.2. The molecule has 9 heteroatoms. The molecule has 1 aliphatic rings. The summed E-state index contributed by atoms with van der Waals surface area (Å²) in [6, 6.07) is 2.59. The van der Waals surface area contributed by atoms with Crippen LogP contribution in [0.3, 0.4) is 0 Å². The lowest BCUT2D eigenvalue weighted by Gasteiger charge is -2.13. The van der Waals surface area contributed by atoms with Crippen LogP contribution in [0.5, 0.6) is 11.5 Å². The van der Waals surface area contributed by atoms with Crippen molar-refractivity contribution in [3.63, 3.8) is 0 Å². The van der Waals surface area contributed by atoms with E-state index >= 15 is 0 Å². The highest BCUT2D eigenvalue weighted by molar-refractivity contribution is 8.18. The second-order valence-corrected chi connectivity index (χ2v) is 4.75. The van der Waals surface area contributed by atoms with E-state index in [9.17, 15) is 14.7 Å². The first kappa shape index (κ1) is 14.2. The number of aromatic hydroxyl groups is 1. The van der Waals surface area contributed by atoms with E-state index in [1.165, 1.54) is 25.3 Å². The van der Waals surface area contributed by atoms with Gasteiger partial charge in [0.15, 0.2) is 11.5 Å². The maximum Gasteiger partial charge on any atom is 0.290 e. The van der Waals surface area contributed by atoms with Gasteiger partial charge in [-0.25, -0.2) is 0 Å². The summed E-state index contributed by atoms with van der Waals surface area (Å²) in [5.41, 5.74) is 0.0148. The Morgan fingerprint density at radius 2 is 2.05 bits per heavy atom. The molecule has 1 fully saturated rings. The third-order valence-electron chi connectivity index (χ3n) is 2.45. The summed E-state index contributed by atoms with van der Waals surface area (Å²) in [5.74, 6) is -1.03. The molecule has 0 spiro atoms. The van der Waals surface area contributed by atoms with Crippen LogP contribution >= 0.6 is 11.8 Å². The number of carbonyl (C=O) groups is 2. The van der Waals surface area contributed by atoms with Gasteiger partial charge in [0.1, 0.15) is 5.69 Å². The number of ether oxygens (including phenoxy) is 1. The van der Waals surface area contributed by atoms with Crippen molar-refractivity contribution in [2.24, 2.45) is 0 Å². The summed E-state index contributed by atoms with van der Waals surface area (Å²) >= 11 is 0.720. The molecule has 20 heavy (non-hydrogen) atoms. The fourth-order valence-electron chi connectivity index (χ4n) is 1.58. The number of rotatable bonds is 3. The molecule has 0 aliphatic carbocycles. The van der Waals surface area contributed by atoms with Crippen LogP contribution in [0.4, 0.5) is 10.5 Å². The van der Waals surface area contributed by atoms with Crippen LogP contribution < -0.4 is 15.3 Å². The fourth-order valence-corrected chi connectivity index (χ4v) is 2.26. The Labute approximate surface area is 117 Å². The second kappa shape index (κ2) is 5.41. The van der Waals surface area contributed by atoms with Crippen LogP contribution in [0.15, 0.2) is 17.0 Å². The lowest BCUT2D eigenvalue weighted by Crippen LogP contribution is -2.17. The van der Waals surface area contributed by atoms with E-state index in [1.54, 1.807) is 0 Å². The minimum Gasteiger partial charge on any atom is -0.503 e. The summed E-state index contributed by atoms with van der Waals surface area (Å²) in [4.78, 5) is 22.6. The normalized spacial score (nSPS) is 16.4. The molecule has 1 aromatic rings. The molecule has 0 unspecified atom stereocenters. The van der Waals surface area contributed by atoms with E-state index in [4.69, 9.17) is 15.2 Å². The van der Waals surface area contributed by atoms with E-state index in [-0.39, 0.29) is 21.6 Å². The van der Waals surface area contributed by atoms with Gasteiger partial charge in [0, 0.05) is 0 Å². The number of nitrogens with zero attached hydrogens (tertiary/aromatic N) is 1. The van der Waals surface area contributed by atoms with Gasteiger partial charge in [0.05, 0.1) is 12.0 Å². The minimum absolute atomic E-state index is 0.0165. The van der Waals surface area contributed by atoms with Crippen molar-refractivity contribution in [2.45, 2.75) is 0 Å². The van der Waals surface area contributed by atoms with E-state index < -0.39 is 16.9 Å². The first-order valence-corrected chi connectivity index (χ1v) is 6.07. The van der Waals surface area contributed by atoms with Gasteiger partial charge in [-0.15, -0.1) is 5.23 Å². The summed E-state index contributed by atoms with van der Waals surface area (Å²) in [5, 5.41) is 29.1. The number of nitrogens with one attached hydrogen (secondary N) is 1. The summed E-state index contributed by atoms with van der Waals surface area (Å²) < 4.78 is 4.89. The van der Waals surface area contributed by atoms with E-state index in [0.29, 0.717) is 5.56 Å². The molecule has 1 aromatic carbocycles. The van der Waals surface area contributed by atoms with E-state index in [2.05, 4.69) is 5.32 Å². The molecule has 2 rings (SSSR count). The molecule has 1 aliphatic heterocycles. The lowest BCUT2D eigenvalue weighted by molar-refractivity contribution is -0.115. The van der Waals surface area contributed by atoms with Crippen LogP contribution in [0, 0.1) is 0 Å². The Bertz CT molecular complexity index is 613. The van der Waals surface area contributed by atoms with Crippen molar-refractivity contribution in [1.29, 1.82) is 0 Å². The van der Waals surface area contributed by atoms with Gasteiger partial charge in [-0.1, -0.05) is 0 Å². The van der Waals surface area contributed by atoms with Crippen molar-refractivity contribution >= 4 is 34.7 Å². The van der Waals surface area contributed by atoms with Crippen molar-refractivity contribution in [1.82, 2.24) is 5.32 Å². The van der Waals surface area contributed by atoms with Crippen LogP contribution in [0.25, 0.3) is 6.08 Å². The molecule has 2 amide bonds. The van der Waals surface area contributed by atoms with Gasteiger partial charge in [-0.05, 0) is 35.5 Å². The number of methoxy groups -OCH3 is 1. The number of hydrogen-bond donors (Lipinski definition) is 4. The molecule has 4 N–H and O–H groups in total. The number of phenolic OH excluding ortho intramolecular Hbond substituents is 1. The number of phenols is 1. The summed E-state index contributed by atoms with van der Waals surface area (Å²) in [7, 11) is 1.29. The monoisotopic (exact) mass is 298 g/mol. The van der Waals surface area contributed by atoms with Gasteiger partial charge in [0.2, 0.25) is 0 Å². The third-order valence-corrected chi connectivity index (χ3v) is 3.26. The Balaban J connectivity index is 2.47. The largest absolute Gasteiger partial charge is 0.503 e. The number of amides is 2. The Kier molecular flexibility index (Phi) is 3.84. The predicted octanol–water partition coefficient (Wildman–Crippen LogP) is 1.31. The smallest absolute Gasteiger partial charge is 0.290 e. The Hall–Kier alpha value is -2.23. The van der Waals surface area contributed by atoms with Gasteiger partial charge in [-0.2, -0.15) is 0 Å². The molecule has 0 saturated carbocycles. The molecule has 106 valence electrons. The highest BCUT2D eigenvalue weighted by Crippen LogP contribution is 2.38. The average Bonchev–Trinajstić information content (AvgIpc) is 2.69. The zero-order chi connectivity index (χ0) is 14.9. The predicted molar refractivity (Wildman–Crippen MR) is 69.8 cm³/mol. The zero-order valence-electron chi connectivity index (χ0n) is 10.2. The number of imide groups is 1. The maximum atomic E-state index is 11.4. The molecule has 0 radical (unpaired) electrons. The van der Waals surface area contributed by atoms with Crippen LogP contribution in [0.2, 0.25) is 0 Å². The minimum atomic E-state index is -0.543. The SMILES string of the molecule is COc1cc(C=C2SC(=O)NC2=O)cc(N(O)O)c1O. The quantitative estimate of drug-likeness (QED) is 0.487. The number of anilines is 1. The van der Waals surface area contributed by atoms with Crippen molar-refractivity contribution in [3.05, 3.63) is 22.6 Å². The summed E-state index contributed by atoms with van der Waals surface area (Å²) in [6.07, 6.45) is 1.36. The molecule has 0 bridgehead atoms. The van der Waals surface area contributed by atoms with Gasteiger partial charge < -0.3 is 9.84 Å². The van der Waals surface area contributed by atoms with E-state index in [1.807, 2.05) is 0 Å². The number of benzene rings is 1. The van der Waals surface area contributed by atoms with Crippen LogP contribution in [-0.2, 0) is 4.79 Å².